The zero-order valence-electron chi connectivity index (χ0n) is 8.78. The van der Waals surface area contributed by atoms with Crippen LogP contribution in [0.4, 0.5) is 0 Å². The van der Waals surface area contributed by atoms with Gasteiger partial charge in [-0.15, -0.1) is 0 Å². The maximum Gasteiger partial charge on any atom is 0.122 e. The van der Waals surface area contributed by atoms with Crippen molar-refractivity contribution in [1.82, 2.24) is 0 Å². The molecule has 2 aromatic rings. The fourth-order valence-corrected chi connectivity index (χ4v) is 1.03. The molecule has 0 aliphatic rings. The van der Waals surface area contributed by atoms with Crippen LogP contribution < -0.4 is 0 Å². The molecule has 0 spiro atoms. The number of aromatic hydroxyl groups is 5. The van der Waals surface area contributed by atoms with Crippen molar-refractivity contribution in [1.29, 1.82) is 0 Å². The number of hydrogen-bond donors (Lipinski definition) is 5. The summed E-state index contributed by atoms with van der Waals surface area (Å²) in [6, 6.07) is 9.12. The molecule has 0 amide bonds. The van der Waals surface area contributed by atoms with E-state index >= 15 is 0 Å². The molecule has 17 heavy (non-hydrogen) atoms. The second-order valence-corrected chi connectivity index (χ2v) is 3.22. The van der Waals surface area contributed by atoms with Gasteiger partial charge in [0.1, 0.15) is 28.7 Å². The zero-order valence-corrected chi connectivity index (χ0v) is 8.78. The molecule has 0 aromatic heterocycles. The van der Waals surface area contributed by atoms with E-state index in [-0.39, 0.29) is 28.7 Å². The van der Waals surface area contributed by atoms with Crippen molar-refractivity contribution in [3.63, 3.8) is 0 Å². The summed E-state index contributed by atoms with van der Waals surface area (Å²) in [5.74, 6) is -0.0990. The summed E-state index contributed by atoms with van der Waals surface area (Å²) in [5, 5.41) is 43.3. The van der Waals surface area contributed by atoms with Gasteiger partial charge in [-0.1, -0.05) is 0 Å². The van der Waals surface area contributed by atoms with E-state index in [1.54, 1.807) is 0 Å². The molecule has 90 valence electrons. The summed E-state index contributed by atoms with van der Waals surface area (Å²) in [5.41, 5.74) is 0. The van der Waals surface area contributed by atoms with Crippen molar-refractivity contribution in [2.45, 2.75) is 0 Å². The average molecular weight is 236 g/mol. The number of phenols is 5. The maximum atomic E-state index is 8.67. The minimum Gasteiger partial charge on any atom is -0.508 e. The first-order chi connectivity index (χ1) is 7.97. The summed E-state index contributed by atoms with van der Waals surface area (Å²) in [4.78, 5) is 0. The first-order valence-corrected chi connectivity index (χ1v) is 4.67. The second kappa shape index (κ2) is 5.50. The molecule has 5 N–H and O–H groups in total. The predicted octanol–water partition coefficient (Wildman–Crippen LogP) is 1.90. The van der Waals surface area contributed by atoms with Gasteiger partial charge in [-0.2, -0.15) is 0 Å². The van der Waals surface area contributed by atoms with Crippen LogP contribution >= 0.6 is 0 Å². The van der Waals surface area contributed by atoms with Crippen LogP contribution in [0.3, 0.4) is 0 Å². The van der Waals surface area contributed by atoms with Gasteiger partial charge in [0.05, 0.1) is 0 Å². The Morgan fingerprint density at radius 3 is 0.882 bits per heavy atom. The topological polar surface area (TPSA) is 101 Å². The monoisotopic (exact) mass is 236 g/mol. The van der Waals surface area contributed by atoms with E-state index in [9.17, 15) is 0 Å². The van der Waals surface area contributed by atoms with Gasteiger partial charge in [0.2, 0.25) is 0 Å². The lowest BCUT2D eigenvalue weighted by Crippen LogP contribution is -1.66. The van der Waals surface area contributed by atoms with Gasteiger partial charge in [-0.3, -0.25) is 0 Å². The Bertz CT molecular complexity index is 407. The minimum atomic E-state index is -0.146. The molecule has 0 unspecified atom stereocenters. The lowest BCUT2D eigenvalue weighted by molar-refractivity contribution is 0.428. The molecule has 0 aliphatic carbocycles. The van der Waals surface area contributed by atoms with E-state index in [0.29, 0.717) is 0 Å². The normalized spacial score (nSPS) is 9.18. The Labute approximate surface area is 97.5 Å². The lowest BCUT2D eigenvalue weighted by Gasteiger charge is -1.94. The van der Waals surface area contributed by atoms with Crippen molar-refractivity contribution >= 4 is 0 Å². The van der Waals surface area contributed by atoms with Gasteiger partial charge in [0, 0.05) is 18.2 Å². The molecule has 0 heterocycles. The highest BCUT2D eigenvalue weighted by molar-refractivity contribution is 5.39. The molecule has 0 aliphatic heterocycles. The van der Waals surface area contributed by atoms with Crippen LogP contribution in [0.2, 0.25) is 0 Å². The highest BCUT2D eigenvalue weighted by Crippen LogP contribution is 2.23. The molecule has 0 fully saturated rings. The van der Waals surface area contributed by atoms with Crippen LogP contribution in [0, 0.1) is 0 Å². The SMILES string of the molecule is Oc1cc(O)cc(O)c1.Oc1ccc(O)cc1. The third-order valence-corrected chi connectivity index (χ3v) is 1.74. The Morgan fingerprint density at radius 2 is 0.647 bits per heavy atom. The summed E-state index contributed by atoms with van der Waals surface area (Å²) < 4.78 is 0. The lowest BCUT2D eigenvalue weighted by atomic mass is 10.3. The fourth-order valence-electron chi connectivity index (χ4n) is 1.03. The van der Waals surface area contributed by atoms with Crippen molar-refractivity contribution in [2.75, 3.05) is 0 Å². The van der Waals surface area contributed by atoms with E-state index in [4.69, 9.17) is 25.5 Å². The van der Waals surface area contributed by atoms with Crippen molar-refractivity contribution in [3.8, 4) is 28.7 Å². The maximum absolute atomic E-state index is 8.67. The molecule has 0 saturated heterocycles. The minimum absolute atomic E-state index is 0.146. The van der Waals surface area contributed by atoms with Crippen molar-refractivity contribution < 1.29 is 25.5 Å². The van der Waals surface area contributed by atoms with Crippen molar-refractivity contribution in [2.24, 2.45) is 0 Å². The van der Waals surface area contributed by atoms with Crippen LogP contribution in [0.15, 0.2) is 42.5 Å². The quantitative estimate of drug-likeness (QED) is 0.450. The van der Waals surface area contributed by atoms with Gasteiger partial charge in [0.25, 0.3) is 0 Å². The van der Waals surface area contributed by atoms with Gasteiger partial charge in [0.15, 0.2) is 0 Å². The van der Waals surface area contributed by atoms with Gasteiger partial charge in [-0.25, -0.2) is 0 Å². The van der Waals surface area contributed by atoms with E-state index in [1.807, 2.05) is 0 Å². The Morgan fingerprint density at radius 1 is 0.412 bits per heavy atom. The molecular weight excluding hydrogens is 224 g/mol. The Balaban J connectivity index is 0.000000171. The largest absolute Gasteiger partial charge is 0.508 e. The summed E-state index contributed by atoms with van der Waals surface area (Å²) >= 11 is 0. The molecule has 2 rings (SSSR count). The predicted molar refractivity (Wildman–Crippen MR) is 61.2 cm³/mol. The summed E-state index contributed by atoms with van der Waals surface area (Å²) in [7, 11) is 0. The average Bonchev–Trinajstić information content (AvgIpc) is 2.21. The van der Waals surface area contributed by atoms with Crippen LogP contribution in [0.25, 0.3) is 0 Å². The van der Waals surface area contributed by atoms with Gasteiger partial charge < -0.3 is 25.5 Å². The Kier molecular flexibility index (Phi) is 4.05. The number of benzene rings is 2. The first kappa shape index (κ1) is 12.5. The Hall–Kier alpha value is -2.56. The number of hydrogen-bond acceptors (Lipinski definition) is 5. The fraction of sp³-hybridized carbons (Fsp3) is 0. The van der Waals surface area contributed by atoms with E-state index in [1.165, 1.54) is 24.3 Å². The molecular formula is C12H12O5. The van der Waals surface area contributed by atoms with Gasteiger partial charge in [-0.05, 0) is 24.3 Å². The smallest absolute Gasteiger partial charge is 0.122 e. The second-order valence-electron chi connectivity index (χ2n) is 3.22. The third-order valence-electron chi connectivity index (χ3n) is 1.74. The molecule has 5 heteroatoms. The van der Waals surface area contributed by atoms with Crippen molar-refractivity contribution in [3.05, 3.63) is 42.5 Å². The van der Waals surface area contributed by atoms with E-state index in [2.05, 4.69) is 0 Å². The van der Waals surface area contributed by atoms with Gasteiger partial charge >= 0.3 is 0 Å². The molecule has 0 atom stereocenters. The molecule has 5 nitrogen and oxygen atoms in total. The third kappa shape index (κ3) is 4.65. The summed E-state index contributed by atoms with van der Waals surface area (Å²) in [6.07, 6.45) is 0. The number of phenolic OH excluding ortho intramolecular Hbond substituents is 5. The zero-order chi connectivity index (χ0) is 12.8. The number of rotatable bonds is 0. The van der Waals surface area contributed by atoms with E-state index < -0.39 is 0 Å². The highest BCUT2D eigenvalue weighted by Gasteiger charge is 1.94. The molecule has 0 saturated carbocycles. The molecule has 2 aromatic carbocycles. The summed E-state index contributed by atoms with van der Waals surface area (Å²) in [6.45, 7) is 0. The van der Waals surface area contributed by atoms with Crippen LogP contribution in [0.1, 0.15) is 0 Å². The molecule has 0 bridgehead atoms. The first-order valence-electron chi connectivity index (χ1n) is 4.67. The standard InChI is InChI=1S/C6H6O3.C6H6O2/c7-4-1-5(8)3-6(9)2-4;7-5-1-2-6(8)4-3-5/h1-3,7-9H;1-4,7-8H. The van der Waals surface area contributed by atoms with E-state index in [0.717, 1.165) is 18.2 Å². The van der Waals surface area contributed by atoms with Crippen LogP contribution in [0.5, 0.6) is 28.7 Å². The highest BCUT2D eigenvalue weighted by atomic mass is 16.3. The molecule has 0 radical (unpaired) electrons. The van der Waals surface area contributed by atoms with Crippen LogP contribution in [-0.4, -0.2) is 25.5 Å². The van der Waals surface area contributed by atoms with Crippen LogP contribution in [-0.2, 0) is 0 Å².